The summed E-state index contributed by atoms with van der Waals surface area (Å²) in [6, 6.07) is 23.0. The largest absolute Gasteiger partial charge is 0.471 e. The highest BCUT2D eigenvalue weighted by Gasteiger charge is 2.47. The molecular formula is C42H51F3N4O5. The van der Waals surface area contributed by atoms with Gasteiger partial charge in [0.25, 0.3) is 0 Å². The van der Waals surface area contributed by atoms with Crippen LogP contribution in [0.2, 0.25) is 0 Å². The van der Waals surface area contributed by atoms with Crippen molar-refractivity contribution < 1.29 is 37.3 Å². The number of aliphatic hydroxyl groups excluding tert-OH is 1. The molecule has 7 rings (SSSR count). The first-order valence-electron chi connectivity index (χ1n) is 19.4. The highest BCUT2D eigenvalue weighted by atomic mass is 19.4. The summed E-state index contributed by atoms with van der Waals surface area (Å²) in [6.07, 6.45) is -0.463. The minimum absolute atomic E-state index is 0.0223. The number of hydrogen-bond acceptors (Lipinski definition) is 7. The number of carbonyl (C=O) groups is 2. The van der Waals surface area contributed by atoms with Crippen molar-refractivity contribution in [2.75, 3.05) is 39.3 Å². The third kappa shape index (κ3) is 8.84. The van der Waals surface area contributed by atoms with Gasteiger partial charge in [0.2, 0.25) is 5.91 Å². The van der Waals surface area contributed by atoms with E-state index in [0.717, 1.165) is 53.0 Å². The van der Waals surface area contributed by atoms with Crippen molar-refractivity contribution in [3.8, 4) is 11.1 Å². The number of rotatable bonds is 11. The number of alkyl halides is 3. The van der Waals surface area contributed by atoms with Gasteiger partial charge < -0.3 is 29.7 Å². The molecule has 54 heavy (non-hydrogen) atoms. The number of ether oxygens (including phenoxy) is 2. The number of halogens is 3. The fraction of sp³-hybridized carbons (Fsp3) is 0.524. The zero-order chi connectivity index (χ0) is 37.8. The summed E-state index contributed by atoms with van der Waals surface area (Å²) in [5.41, 5.74) is 5.37. The van der Waals surface area contributed by atoms with Crippen LogP contribution in [0.4, 0.5) is 13.2 Å². The van der Waals surface area contributed by atoms with E-state index < -0.39 is 30.3 Å². The predicted octanol–water partition coefficient (Wildman–Crippen LogP) is 6.37. The van der Waals surface area contributed by atoms with Crippen molar-refractivity contribution in [2.45, 2.75) is 95.4 Å². The van der Waals surface area contributed by atoms with Crippen molar-refractivity contribution in [3.05, 3.63) is 95.1 Å². The molecule has 9 nitrogen and oxygen atoms in total. The first-order valence-corrected chi connectivity index (χ1v) is 19.4. The summed E-state index contributed by atoms with van der Waals surface area (Å²) in [5, 5.41) is 12.4. The molecule has 0 spiro atoms. The number of nitrogens with zero attached hydrogens (tertiary/aromatic N) is 3. The van der Waals surface area contributed by atoms with Crippen LogP contribution < -0.4 is 5.32 Å². The van der Waals surface area contributed by atoms with E-state index in [0.29, 0.717) is 17.4 Å². The number of aliphatic hydroxyl groups is 1. The van der Waals surface area contributed by atoms with Crippen LogP contribution in [-0.2, 0) is 32.2 Å². The van der Waals surface area contributed by atoms with Gasteiger partial charge in [0.05, 0.1) is 18.8 Å². The van der Waals surface area contributed by atoms with Crippen LogP contribution >= 0.6 is 0 Å². The van der Waals surface area contributed by atoms with E-state index in [1.165, 1.54) is 38.8 Å². The minimum atomic E-state index is -5.02. The first-order chi connectivity index (χ1) is 26.1. The first kappa shape index (κ1) is 38.5. The highest BCUT2D eigenvalue weighted by molar-refractivity contribution is 5.90. The van der Waals surface area contributed by atoms with Gasteiger partial charge in [-0.15, -0.1) is 0 Å². The lowest BCUT2D eigenvalue weighted by Crippen LogP contribution is -2.50. The SMILES string of the molecule is CC1C(CN2CCCC2CN2CCCC2)OC(c2cccc(-c3cccc(CNC(=O)C4CCCN4C(=O)C(F)(F)F)c3)c2)OC1c1ccc(CO)cc1. The van der Waals surface area contributed by atoms with E-state index in [-0.39, 0.29) is 44.2 Å². The maximum absolute atomic E-state index is 13.1. The number of amides is 2. The molecule has 6 unspecified atom stereocenters. The second-order valence-corrected chi connectivity index (χ2v) is 15.3. The van der Waals surface area contributed by atoms with Crippen LogP contribution in [0.5, 0.6) is 0 Å². The number of carbonyl (C=O) groups excluding carboxylic acids is 2. The summed E-state index contributed by atoms with van der Waals surface area (Å²) in [7, 11) is 0. The molecule has 12 heteroatoms. The Bertz CT molecular complexity index is 1750. The Labute approximate surface area is 315 Å². The lowest BCUT2D eigenvalue weighted by atomic mass is 9.89. The van der Waals surface area contributed by atoms with Gasteiger partial charge >= 0.3 is 12.1 Å². The topological polar surface area (TPSA) is 94.6 Å². The monoisotopic (exact) mass is 748 g/mol. The normalized spacial score (nSPS) is 26.7. The maximum atomic E-state index is 13.1. The molecule has 4 aliphatic heterocycles. The van der Waals surface area contributed by atoms with E-state index in [1.54, 1.807) is 0 Å². The quantitative estimate of drug-likeness (QED) is 0.236. The number of likely N-dealkylation sites (tertiary alicyclic amines) is 3. The Balaban J connectivity index is 1.07. The number of benzene rings is 3. The van der Waals surface area contributed by atoms with Gasteiger partial charge in [0.1, 0.15) is 6.04 Å². The van der Waals surface area contributed by atoms with Gasteiger partial charge in [0.15, 0.2) is 6.29 Å². The Morgan fingerprint density at radius 3 is 2.28 bits per heavy atom. The molecule has 0 aliphatic carbocycles. The van der Waals surface area contributed by atoms with E-state index in [1.807, 2.05) is 66.7 Å². The van der Waals surface area contributed by atoms with Crippen LogP contribution in [0.3, 0.4) is 0 Å². The average molecular weight is 749 g/mol. The molecule has 0 radical (unpaired) electrons. The zero-order valence-electron chi connectivity index (χ0n) is 30.8. The van der Waals surface area contributed by atoms with E-state index in [2.05, 4.69) is 28.1 Å². The lowest BCUT2D eigenvalue weighted by molar-refractivity contribution is -0.276. The molecule has 0 bridgehead atoms. The highest BCUT2D eigenvalue weighted by Crippen LogP contribution is 2.43. The van der Waals surface area contributed by atoms with Gasteiger partial charge in [0, 0.05) is 43.7 Å². The molecule has 6 atom stereocenters. The second kappa shape index (κ2) is 16.9. The van der Waals surface area contributed by atoms with Crippen LogP contribution in [0.25, 0.3) is 11.1 Å². The fourth-order valence-corrected chi connectivity index (χ4v) is 8.64. The molecular weight excluding hydrogens is 697 g/mol. The van der Waals surface area contributed by atoms with Crippen LogP contribution in [0, 0.1) is 5.92 Å². The molecule has 0 aromatic heterocycles. The molecule has 4 heterocycles. The Morgan fingerprint density at radius 2 is 1.54 bits per heavy atom. The maximum Gasteiger partial charge on any atom is 0.471 e. The standard InChI is InChI=1S/C42H51F3N4O5/c1-28-37(26-48-20-6-12-35(48)25-47-18-2-3-19-47)53-40(54-38(28)31-16-14-29(27-50)15-17-31)34-11-5-10-33(23-34)32-9-4-8-30(22-32)24-46-39(51)36-13-7-21-49(36)41(52)42(43,44)45/h4-5,8-11,14-17,22-23,28,35-38,40,50H,2-3,6-7,12-13,18-21,24-27H2,1H3,(H,46,51). The molecule has 4 fully saturated rings. The van der Waals surface area contributed by atoms with Crippen molar-refractivity contribution in [3.63, 3.8) is 0 Å². The summed E-state index contributed by atoms with van der Waals surface area (Å²) in [4.78, 5) is 30.7. The zero-order valence-corrected chi connectivity index (χ0v) is 30.8. The molecule has 2 N–H and O–H groups in total. The van der Waals surface area contributed by atoms with Crippen molar-refractivity contribution in [1.82, 2.24) is 20.0 Å². The van der Waals surface area contributed by atoms with Crippen LogP contribution in [0.1, 0.15) is 80.1 Å². The smallest absolute Gasteiger partial charge is 0.392 e. The minimum Gasteiger partial charge on any atom is -0.392 e. The van der Waals surface area contributed by atoms with Gasteiger partial charge in [-0.3, -0.25) is 14.5 Å². The summed E-state index contributed by atoms with van der Waals surface area (Å²) in [6.45, 7) is 7.55. The molecule has 2 amide bonds. The Hall–Kier alpha value is -3.81. The third-order valence-corrected chi connectivity index (χ3v) is 11.6. The molecule has 0 saturated carbocycles. The van der Waals surface area contributed by atoms with E-state index in [9.17, 15) is 27.9 Å². The van der Waals surface area contributed by atoms with E-state index in [4.69, 9.17) is 9.47 Å². The molecule has 4 saturated heterocycles. The summed E-state index contributed by atoms with van der Waals surface area (Å²) >= 11 is 0. The van der Waals surface area contributed by atoms with Gasteiger partial charge in [-0.25, -0.2) is 0 Å². The summed E-state index contributed by atoms with van der Waals surface area (Å²) < 4.78 is 53.0. The average Bonchev–Trinajstić information content (AvgIpc) is 3.98. The number of hydrogen-bond donors (Lipinski definition) is 2. The third-order valence-electron chi connectivity index (χ3n) is 11.6. The Kier molecular flexibility index (Phi) is 12.0. The molecule has 3 aromatic carbocycles. The molecule has 3 aromatic rings. The van der Waals surface area contributed by atoms with Gasteiger partial charge in [-0.1, -0.05) is 67.6 Å². The van der Waals surface area contributed by atoms with Crippen molar-refractivity contribution in [2.24, 2.45) is 5.92 Å². The summed E-state index contributed by atoms with van der Waals surface area (Å²) in [5.74, 6) is -2.49. The van der Waals surface area contributed by atoms with Crippen molar-refractivity contribution >= 4 is 11.8 Å². The molecule has 4 aliphatic rings. The van der Waals surface area contributed by atoms with Crippen molar-refractivity contribution in [1.29, 1.82) is 0 Å². The van der Waals surface area contributed by atoms with Crippen LogP contribution in [-0.4, -0.2) is 95.3 Å². The van der Waals surface area contributed by atoms with Gasteiger partial charge in [-0.05, 0) is 98.1 Å². The fourth-order valence-electron chi connectivity index (χ4n) is 8.64. The number of nitrogens with one attached hydrogen (secondary N) is 1. The lowest BCUT2D eigenvalue weighted by Gasteiger charge is -2.43. The van der Waals surface area contributed by atoms with E-state index >= 15 is 0 Å². The predicted molar refractivity (Wildman–Crippen MR) is 198 cm³/mol. The second-order valence-electron chi connectivity index (χ2n) is 15.3. The Morgan fingerprint density at radius 1 is 0.815 bits per heavy atom. The molecule has 290 valence electrons. The van der Waals surface area contributed by atoms with Crippen LogP contribution in [0.15, 0.2) is 72.8 Å². The van der Waals surface area contributed by atoms with Gasteiger partial charge in [-0.2, -0.15) is 13.2 Å².